The van der Waals surface area contributed by atoms with E-state index in [0.29, 0.717) is 17.9 Å². The fraction of sp³-hybridized carbons (Fsp3) is 0.538. The predicted molar refractivity (Wildman–Crippen MR) is 72.5 cm³/mol. The average Bonchev–Trinajstić information content (AvgIpc) is 2.69. The molecule has 1 saturated heterocycles. The maximum absolute atomic E-state index is 11.5. The summed E-state index contributed by atoms with van der Waals surface area (Å²) in [6.45, 7) is 0.0306. The van der Waals surface area contributed by atoms with Crippen LogP contribution in [0.2, 0.25) is 5.02 Å². The molecule has 1 N–H and O–H groups in total. The van der Waals surface area contributed by atoms with Crippen molar-refractivity contribution in [3.8, 4) is 0 Å². The van der Waals surface area contributed by atoms with Crippen LogP contribution in [0.25, 0.3) is 0 Å². The molecule has 1 aliphatic rings. The standard InChI is InChI=1S/C13H17ClO3S/c14-13-3-1-10(2-4-13)7-12(8-15)11-5-6-18(16,17)9-11/h1-4,11-12,15H,5-9H2. The lowest BCUT2D eigenvalue weighted by Gasteiger charge is -2.20. The summed E-state index contributed by atoms with van der Waals surface area (Å²) in [5, 5.41) is 10.1. The van der Waals surface area contributed by atoms with Crippen LogP contribution in [-0.2, 0) is 16.3 Å². The summed E-state index contributed by atoms with van der Waals surface area (Å²) in [7, 11) is -2.88. The average molecular weight is 289 g/mol. The van der Waals surface area contributed by atoms with Crippen molar-refractivity contribution < 1.29 is 13.5 Å². The summed E-state index contributed by atoms with van der Waals surface area (Å²) in [6, 6.07) is 7.48. The molecule has 0 amide bonds. The molecule has 0 aromatic heterocycles. The van der Waals surface area contributed by atoms with Gasteiger partial charge in [0.2, 0.25) is 0 Å². The van der Waals surface area contributed by atoms with Gasteiger partial charge < -0.3 is 5.11 Å². The topological polar surface area (TPSA) is 54.4 Å². The Morgan fingerprint density at radius 3 is 2.50 bits per heavy atom. The van der Waals surface area contributed by atoms with Gasteiger partial charge in [-0.2, -0.15) is 0 Å². The van der Waals surface area contributed by atoms with Crippen LogP contribution in [0, 0.1) is 11.8 Å². The Kier molecular flexibility index (Phi) is 4.30. The van der Waals surface area contributed by atoms with Gasteiger partial charge in [-0.1, -0.05) is 23.7 Å². The summed E-state index contributed by atoms with van der Waals surface area (Å²) in [4.78, 5) is 0. The van der Waals surface area contributed by atoms with Crippen LogP contribution in [0.1, 0.15) is 12.0 Å². The van der Waals surface area contributed by atoms with Crippen LogP contribution < -0.4 is 0 Å². The minimum atomic E-state index is -2.88. The first kappa shape index (κ1) is 13.8. The van der Waals surface area contributed by atoms with Crippen molar-refractivity contribution in [2.45, 2.75) is 12.8 Å². The number of hydrogen-bond donors (Lipinski definition) is 1. The molecule has 1 aromatic rings. The summed E-state index contributed by atoms with van der Waals surface area (Å²) in [5.74, 6) is 0.569. The first-order chi connectivity index (χ1) is 8.50. The van der Waals surface area contributed by atoms with Crippen molar-refractivity contribution in [3.05, 3.63) is 34.9 Å². The van der Waals surface area contributed by atoms with Gasteiger partial charge in [-0.15, -0.1) is 0 Å². The fourth-order valence-corrected chi connectivity index (χ4v) is 4.54. The molecule has 1 aromatic carbocycles. The van der Waals surface area contributed by atoms with E-state index in [2.05, 4.69) is 0 Å². The van der Waals surface area contributed by atoms with Gasteiger partial charge in [0.25, 0.3) is 0 Å². The van der Waals surface area contributed by atoms with Gasteiger partial charge in [-0.05, 0) is 42.4 Å². The molecule has 5 heteroatoms. The Morgan fingerprint density at radius 2 is 2.00 bits per heavy atom. The van der Waals surface area contributed by atoms with E-state index in [-0.39, 0.29) is 29.9 Å². The molecule has 0 radical (unpaired) electrons. The van der Waals surface area contributed by atoms with Crippen LogP contribution in [0.15, 0.2) is 24.3 Å². The Labute approximate surface area is 113 Å². The number of hydrogen-bond acceptors (Lipinski definition) is 3. The maximum atomic E-state index is 11.5. The third-order valence-corrected chi connectivity index (χ3v) is 5.63. The van der Waals surface area contributed by atoms with E-state index in [0.717, 1.165) is 5.56 Å². The Balaban J connectivity index is 2.04. The molecule has 2 unspecified atom stereocenters. The molecule has 0 saturated carbocycles. The van der Waals surface area contributed by atoms with E-state index in [1.54, 1.807) is 0 Å². The second-order valence-electron chi connectivity index (χ2n) is 4.94. The minimum absolute atomic E-state index is 0.0171. The summed E-state index contributed by atoms with van der Waals surface area (Å²) < 4.78 is 22.9. The number of halogens is 1. The Bertz CT molecular complexity index is 495. The molecule has 0 aliphatic carbocycles. The van der Waals surface area contributed by atoms with Gasteiger partial charge in [0.05, 0.1) is 11.5 Å². The fourth-order valence-electron chi connectivity index (χ4n) is 2.50. The van der Waals surface area contributed by atoms with Crippen molar-refractivity contribution in [3.63, 3.8) is 0 Å². The quantitative estimate of drug-likeness (QED) is 0.921. The maximum Gasteiger partial charge on any atom is 0.150 e. The Hall–Kier alpha value is -0.580. The molecule has 1 heterocycles. The second kappa shape index (κ2) is 5.59. The largest absolute Gasteiger partial charge is 0.396 e. The highest BCUT2D eigenvalue weighted by atomic mass is 35.5. The van der Waals surface area contributed by atoms with E-state index < -0.39 is 9.84 Å². The summed E-state index contributed by atoms with van der Waals surface area (Å²) in [6.07, 6.45) is 1.37. The van der Waals surface area contributed by atoms with Crippen molar-refractivity contribution in [1.82, 2.24) is 0 Å². The summed E-state index contributed by atoms with van der Waals surface area (Å²) in [5.41, 5.74) is 1.09. The highest BCUT2D eigenvalue weighted by Gasteiger charge is 2.33. The van der Waals surface area contributed by atoms with Crippen LogP contribution in [-0.4, -0.2) is 31.6 Å². The molecule has 2 rings (SSSR count). The van der Waals surface area contributed by atoms with Gasteiger partial charge in [-0.25, -0.2) is 8.42 Å². The van der Waals surface area contributed by atoms with E-state index in [1.165, 1.54) is 0 Å². The monoisotopic (exact) mass is 288 g/mol. The number of sulfone groups is 1. The number of aliphatic hydroxyl groups excluding tert-OH is 1. The normalized spacial score (nSPS) is 24.0. The molecule has 3 nitrogen and oxygen atoms in total. The van der Waals surface area contributed by atoms with Crippen LogP contribution in [0.4, 0.5) is 0 Å². The van der Waals surface area contributed by atoms with Gasteiger partial charge in [-0.3, -0.25) is 0 Å². The zero-order chi connectivity index (χ0) is 13.2. The predicted octanol–water partition coefficient (Wildman–Crippen LogP) is 1.93. The van der Waals surface area contributed by atoms with Crippen LogP contribution in [0.5, 0.6) is 0 Å². The molecule has 18 heavy (non-hydrogen) atoms. The first-order valence-electron chi connectivity index (χ1n) is 6.06. The molecule has 1 fully saturated rings. The van der Waals surface area contributed by atoms with Gasteiger partial charge in [0, 0.05) is 11.6 Å². The minimum Gasteiger partial charge on any atom is -0.396 e. The molecule has 2 atom stereocenters. The zero-order valence-corrected chi connectivity index (χ0v) is 11.6. The third-order valence-electron chi connectivity index (χ3n) is 3.58. The third kappa shape index (κ3) is 3.46. The van der Waals surface area contributed by atoms with Gasteiger partial charge in [0.15, 0.2) is 9.84 Å². The second-order valence-corrected chi connectivity index (χ2v) is 7.60. The number of rotatable bonds is 4. The highest BCUT2D eigenvalue weighted by molar-refractivity contribution is 7.91. The first-order valence-corrected chi connectivity index (χ1v) is 8.26. The van der Waals surface area contributed by atoms with Crippen molar-refractivity contribution in [2.75, 3.05) is 18.1 Å². The lowest BCUT2D eigenvalue weighted by atomic mass is 9.87. The number of benzene rings is 1. The van der Waals surface area contributed by atoms with Crippen molar-refractivity contribution >= 4 is 21.4 Å². The molecule has 100 valence electrons. The molecule has 0 spiro atoms. The highest BCUT2D eigenvalue weighted by Crippen LogP contribution is 2.28. The van der Waals surface area contributed by atoms with Crippen LogP contribution >= 0.6 is 11.6 Å². The lowest BCUT2D eigenvalue weighted by Crippen LogP contribution is -2.22. The molecular weight excluding hydrogens is 272 g/mol. The molecular formula is C13H17ClO3S. The summed E-state index contributed by atoms with van der Waals surface area (Å²) >= 11 is 5.82. The van der Waals surface area contributed by atoms with Gasteiger partial charge >= 0.3 is 0 Å². The smallest absolute Gasteiger partial charge is 0.150 e. The van der Waals surface area contributed by atoms with E-state index in [9.17, 15) is 13.5 Å². The van der Waals surface area contributed by atoms with E-state index in [1.807, 2.05) is 24.3 Å². The Morgan fingerprint density at radius 1 is 1.33 bits per heavy atom. The molecule has 1 aliphatic heterocycles. The van der Waals surface area contributed by atoms with Crippen molar-refractivity contribution in [2.24, 2.45) is 11.8 Å². The van der Waals surface area contributed by atoms with Crippen LogP contribution in [0.3, 0.4) is 0 Å². The van der Waals surface area contributed by atoms with E-state index in [4.69, 9.17) is 11.6 Å². The zero-order valence-electron chi connectivity index (χ0n) is 10.0. The van der Waals surface area contributed by atoms with Gasteiger partial charge in [0.1, 0.15) is 0 Å². The van der Waals surface area contributed by atoms with Crippen molar-refractivity contribution in [1.29, 1.82) is 0 Å². The van der Waals surface area contributed by atoms with E-state index >= 15 is 0 Å². The number of aliphatic hydroxyl groups is 1. The molecule has 0 bridgehead atoms. The lowest BCUT2D eigenvalue weighted by molar-refractivity contribution is 0.184. The SMILES string of the molecule is O=S1(=O)CCC(C(CO)Cc2ccc(Cl)cc2)C1.